The van der Waals surface area contributed by atoms with Crippen LogP contribution in [-0.4, -0.2) is 10.9 Å². The van der Waals surface area contributed by atoms with Crippen molar-refractivity contribution < 1.29 is 13.9 Å². The summed E-state index contributed by atoms with van der Waals surface area (Å²) in [6.07, 6.45) is -0.952. The third-order valence-electron chi connectivity index (χ3n) is 2.50. The molecule has 19 heavy (non-hydrogen) atoms. The van der Waals surface area contributed by atoms with Gasteiger partial charge in [-0.05, 0) is 29.8 Å². The van der Waals surface area contributed by atoms with Gasteiger partial charge in [0.1, 0.15) is 11.6 Å². The molecule has 0 fully saturated rings. The van der Waals surface area contributed by atoms with Gasteiger partial charge in [-0.25, -0.2) is 8.78 Å². The normalized spacial score (nSPS) is 12.4. The average Bonchev–Trinajstić information content (AvgIpc) is 2.36. The molecule has 0 aliphatic carbocycles. The summed E-state index contributed by atoms with van der Waals surface area (Å²) in [4.78, 5) is 0.820. The fourth-order valence-electron chi connectivity index (χ4n) is 1.59. The lowest BCUT2D eigenvalue weighted by molar-refractivity contribution is 0.203. The lowest BCUT2D eigenvalue weighted by atomic mass is 10.1. The van der Waals surface area contributed by atoms with Gasteiger partial charge < -0.3 is 5.11 Å². The summed E-state index contributed by atoms with van der Waals surface area (Å²) in [7, 11) is 0. The summed E-state index contributed by atoms with van der Waals surface area (Å²) in [5, 5.41) is 10.5. The van der Waals surface area contributed by atoms with E-state index in [2.05, 4.69) is 0 Å². The first-order valence-corrected chi connectivity index (χ1v) is 6.94. The van der Waals surface area contributed by atoms with Crippen LogP contribution in [0.1, 0.15) is 11.7 Å². The van der Waals surface area contributed by atoms with Crippen LogP contribution in [0.15, 0.2) is 47.4 Å². The van der Waals surface area contributed by atoms with Crippen molar-refractivity contribution in [1.29, 1.82) is 0 Å². The monoisotopic (exact) mass is 300 g/mol. The maximum absolute atomic E-state index is 13.0. The van der Waals surface area contributed by atoms with E-state index in [4.69, 9.17) is 11.6 Å². The van der Waals surface area contributed by atoms with Crippen molar-refractivity contribution in [2.75, 3.05) is 5.75 Å². The van der Waals surface area contributed by atoms with E-state index in [9.17, 15) is 13.9 Å². The number of thioether (sulfide) groups is 1. The van der Waals surface area contributed by atoms with Crippen LogP contribution in [0.4, 0.5) is 8.78 Å². The zero-order chi connectivity index (χ0) is 13.8. The highest BCUT2D eigenvalue weighted by Gasteiger charge is 2.12. The predicted molar refractivity (Wildman–Crippen MR) is 73.5 cm³/mol. The second-order valence-electron chi connectivity index (χ2n) is 3.96. The van der Waals surface area contributed by atoms with Gasteiger partial charge in [0.2, 0.25) is 0 Å². The van der Waals surface area contributed by atoms with Gasteiger partial charge in [-0.15, -0.1) is 11.8 Å². The van der Waals surface area contributed by atoms with E-state index in [0.29, 0.717) is 5.02 Å². The van der Waals surface area contributed by atoms with Gasteiger partial charge in [0, 0.05) is 16.7 Å². The highest BCUT2D eigenvalue weighted by Crippen LogP contribution is 2.30. The van der Waals surface area contributed by atoms with E-state index in [1.807, 2.05) is 18.2 Å². The summed E-state index contributed by atoms with van der Waals surface area (Å²) >= 11 is 7.32. The van der Waals surface area contributed by atoms with Crippen LogP contribution in [0.25, 0.3) is 0 Å². The molecule has 1 nitrogen and oxygen atoms in total. The van der Waals surface area contributed by atoms with E-state index in [0.717, 1.165) is 23.1 Å². The summed E-state index contributed by atoms with van der Waals surface area (Å²) in [5.41, 5.74) is 0.219. The smallest absolute Gasteiger partial charge is 0.126 e. The van der Waals surface area contributed by atoms with E-state index in [1.165, 1.54) is 11.8 Å². The fourth-order valence-corrected chi connectivity index (χ4v) is 2.80. The summed E-state index contributed by atoms with van der Waals surface area (Å²) in [6.45, 7) is 0. The van der Waals surface area contributed by atoms with E-state index >= 15 is 0 Å². The first kappa shape index (κ1) is 14.3. The Morgan fingerprint density at radius 1 is 1.11 bits per heavy atom. The van der Waals surface area contributed by atoms with Crippen molar-refractivity contribution in [3.05, 3.63) is 64.7 Å². The van der Waals surface area contributed by atoms with Gasteiger partial charge in [-0.3, -0.25) is 0 Å². The van der Waals surface area contributed by atoms with Gasteiger partial charge in [0.15, 0.2) is 0 Å². The molecule has 0 saturated carbocycles. The SMILES string of the molecule is OC(CSc1ccccc1Cl)c1cc(F)cc(F)c1. The zero-order valence-corrected chi connectivity index (χ0v) is 11.4. The molecule has 0 heterocycles. The van der Waals surface area contributed by atoms with Crippen LogP contribution in [0.5, 0.6) is 0 Å². The lowest BCUT2D eigenvalue weighted by Gasteiger charge is -2.11. The number of aliphatic hydroxyl groups excluding tert-OH is 1. The van der Waals surface area contributed by atoms with Gasteiger partial charge in [-0.2, -0.15) is 0 Å². The topological polar surface area (TPSA) is 20.2 Å². The van der Waals surface area contributed by atoms with E-state index in [1.54, 1.807) is 6.07 Å². The quantitative estimate of drug-likeness (QED) is 0.842. The van der Waals surface area contributed by atoms with Crippen LogP contribution in [0.3, 0.4) is 0 Å². The summed E-state index contributed by atoms with van der Waals surface area (Å²) < 4.78 is 26.1. The van der Waals surface area contributed by atoms with Crippen molar-refractivity contribution in [1.82, 2.24) is 0 Å². The van der Waals surface area contributed by atoms with Gasteiger partial charge in [-0.1, -0.05) is 23.7 Å². The molecular weight excluding hydrogens is 290 g/mol. The third-order valence-corrected chi connectivity index (χ3v) is 4.09. The van der Waals surface area contributed by atoms with Crippen molar-refractivity contribution in [2.24, 2.45) is 0 Å². The molecule has 0 aliphatic rings. The first-order chi connectivity index (χ1) is 9.06. The molecule has 0 aliphatic heterocycles. The van der Waals surface area contributed by atoms with Crippen molar-refractivity contribution in [2.45, 2.75) is 11.0 Å². The Balaban J connectivity index is 2.05. The van der Waals surface area contributed by atoms with Crippen LogP contribution in [0, 0.1) is 11.6 Å². The molecule has 100 valence electrons. The van der Waals surface area contributed by atoms with Crippen molar-refractivity contribution in [3.63, 3.8) is 0 Å². The average molecular weight is 301 g/mol. The van der Waals surface area contributed by atoms with Crippen LogP contribution >= 0.6 is 23.4 Å². The standard InChI is InChI=1S/C14H11ClF2OS/c15-12-3-1-2-4-14(12)19-8-13(18)9-5-10(16)7-11(17)6-9/h1-7,13,18H,8H2. The van der Waals surface area contributed by atoms with E-state index < -0.39 is 17.7 Å². The van der Waals surface area contributed by atoms with Crippen LogP contribution < -0.4 is 0 Å². The maximum Gasteiger partial charge on any atom is 0.126 e. The van der Waals surface area contributed by atoms with Crippen LogP contribution in [0.2, 0.25) is 5.02 Å². The highest BCUT2D eigenvalue weighted by molar-refractivity contribution is 7.99. The molecule has 1 atom stereocenters. The highest BCUT2D eigenvalue weighted by atomic mass is 35.5. The van der Waals surface area contributed by atoms with E-state index in [-0.39, 0.29) is 11.3 Å². The molecule has 2 aromatic rings. The zero-order valence-electron chi connectivity index (χ0n) is 9.82. The van der Waals surface area contributed by atoms with Gasteiger partial charge in [0.25, 0.3) is 0 Å². The fraction of sp³-hybridized carbons (Fsp3) is 0.143. The minimum atomic E-state index is -0.952. The van der Waals surface area contributed by atoms with Crippen LogP contribution in [-0.2, 0) is 0 Å². The molecule has 5 heteroatoms. The van der Waals surface area contributed by atoms with Gasteiger partial charge >= 0.3 is 0 Å². The molecule has 0 radical (unpaired) electrons. The summed E-state index contributed by atoms with van der Waals surface area (Å²) in [6, 6.07) is 10.2. The molecule has 2 aromatic carbocycles. The van der Waals surface area contributed by atoms with Gasteiger partial charge in [0.05, 0.1) is 11.1 Å². The molecule has 2 rings (SSSR count). The Labute approximate surface area is 119 Å². The molecule has 0 spiro atoms. The second-order valence-corrected chi connectivity index (χ2v) is 5.43. The lowest BCUT2D eigenvalue weighted by Crippen LogP contribution is -2.02. The Morgan fingerprint density at radius 3 is 2.37 bits per heavy atom. The number of aliphatic hydroxyl groups is 1. The van der Waals surface area contributed by atoms with Crippen molar-refractivity contribution in [3.8, 4) is 0 Å². The largest absolute Gasteiger partial charge is 0.388 e. The first-order valence-electron chi connectivity index (χ1n) is 5.57. The Kier molecular flexibility index (Phi) is 4.80. The molecule has 0 saturated heterocycles. The predicted octanol–water partition coefficient (Wildman–Crippen LogP) is 4.44. The summed E-state index contributed by atoms with van der Waals surface area (Å²) in [5.74, 6) is -1.12. The molecular formula is C14H11ClF2OS. The third kappa shape index (κ3) is 3.93. The number of hydrogen-bond acceptors (Lipinski definition) is 2. The minimum Gasteiger partial charge on any atom is -0.388 e. The Bertz CT molecular complexity index is 557. The molecule has 0 aromatic heterocycles. The maximum atomic E-state index is 13.0. The number of rotatable bonds is 4. The molecule has 1 unspecified atom stereocenters. The molecule has 0 amide bonds. The Hall–Kier alpha value is -1.10. The number of hydrogen-bond donors (Lipinski definition) is 1. The Morgan fingerprint density at radius 2 is 1.74 bits per heavy atom. The second kappa shape index (κ2) is 6.37. The van der Waals surface area contributed by atoms with Crippen molar-refractivity contribution >= 4 is 23.4 Å². The molecule has 1 N–H and O–H groups in total. The number of benzene rings is 2. The molecule has 0 bridgehead atoms. The number of halogens is 3. The minimum absolute atomic E-state index is 0.219.